The second-order valence-electron chi connectivity index (χ2n) is 6.15. The number of rotatable bonds is 4. The lowest BCUT2D eigenvalue weighted by molar-refractivity contribution is -0.122. The standard InChI is InChI=1S/C18H21BrN2O2/c1-20-18(23)8-13-10-21(11-17(13)22)9-12-4-2-6-15-14(12)5-3-7-16(15)19/h2-7,13,17,22H,8-11H2,1H3,(H,20,23)/t13-,17-/m1/s1. The van der Waals surface area contributed by atoms with Crippen molar-refractivity contribution in [1.82, 2.24) is 10.2 Å². The maximum absolute atomic E-state index is 11.5. The SMILES string of the molecule is CNC(=O)C[C@@H]1CN(Cc2cccc3c(Br)cccc23)C[C@H]1O. The Bertz CT molecular complexity index is 719. The van der Waals surface area contributed by atoms with E-state index in [0.717, 1.165) is 17.6 Å². The number of carbonyl (C=O) groups is 1. The van der Waals surface area contributed by atoms with Gasteiger partial charge in [-0.15, -0.1) is 0 Å². The Labute approximate surface area is 144 Å². The third kappa shape index (κ3) is 3.57. The minimum atomic E-state index is -0.436. The third-order valence-corrected chi connectivity index (χ3v) is 5.25. The lowest BCUT2D eigenvalue weighted by atomic mass is 10.0. The van der Waals surface area contributed by atoms with Crippen LogP contribution in [0.25, 0.3) is 10.8 Å². The largest absolute Gasteiger partial charge is 0.391 e. The summed E-state index contributed by atoms with van der Waals surface area (Å²) in [7, 11) is 1.63. The molecule has 1 fully saturated rings. The number of hydrogen-bond acceptors (Lipinski definition) is 3. The van der Waals surface area contributed by atoms with Crippen LogP contribution in [0.2, 0.25) is 0 Å². The normalized spacial score (nSPS) is 21.7. The molecule has 5 heteroatoms. The molecule has 4 nitrogen and oxygen atoms in total. The number of aliphatic hydroxyl groups is 1. The Morgan fingerprint density at radius 3 is 2.78 bits per heavy atom. The number of fused-ring (bicyclic) bond motifs is 1. The van der Waals surface area contributed by atoms with E-state index in [2.05, 4.69) is 50.4 Å². The number of nitrogens with one attached hydrogen (secondary N) is 1. The number of β-amino-alcohol motifs (C(OH)–C–C–N with tert-alkyl or cyclic N) is 1. The van der Waals surface area contributed by atoms with Crippen molar-refractivity contribution in [3.63, 3.8) is 0 Å². The van der Waals surface area contributed by atoms with Crippen molar-refractivity contribution in [1.29, 1.82) is 0 Å². The van der Waals surface area contributed by atoms with Crippen LogP contribution in [-0.4, -0.2) is 42.2 Å². The highest BCUT2D eigenvalue weighted by molar-refractivity contribution is 9.10. The molecule has 1 heterocycles. The van der Waals surface area contributed by atoms with Crippen LogP contribution in [0.15, 0.2) is 40.9 Å². The fraction of sp³-hybridized carbons (Fsp3) is 0.389. The molecule has 3 rings (SSSR count). The molecule has 1 aliphatic heterocycles. The zero-order chi connectivity index (χ0) is 16.4. The van der Waals surface area contributed by atoms with Crippen molar-refractivity contribution in [3.05, 3.63) is 46.4 Å². The van der Waals surface area contributed by atoms with E-state index in [4.69, 9.17) is 0 Å². The quantitative estimate of drug-likeness (QED) is 0.861. The average molecular weight is 377 g/mol. The second kappa shape index (κ2) is 6.99. The van der Waals surface area contributed by atoms with Gasteiger partial charge in [0, 0.05) is 43.5 Å². The van der Waals surface area contributed by atoms with Gasteiger partial charge in [0.05, 0.1) is 6.10 Å². The van der Waals surface area contributed by atoms with E-state index in [1.165, 1.54) is 16.3 Å². The highest BCUT2D eigenvalue weighted by Crippen LogP contribution is 2.29. The number of aliphatic hydroxyl groups excluding tert-OH is 1. The number of benzene rings is 2. The number of halogens is 1. The van der Waals surface area contributed by atoms with Crippen molar-refractivity contribution < 1.29 is 9.90 Å². The van der Waals surface area contributed by atoms with Crippen molar-refractivity contribution in [2.45, 2.75) is 19.1 Å². The van der Waals surface area contributed by atoms with E-state index in [9.17, 15) is 9.90 Å². The molecule has 122 valence electrons. The van der Waals surface area contributed by atoms with Crippen molar-refractivity contribution in [3.8, 4) is 0 Å². The van der Waals surface area contributed by atoms with Gasteiger partial charge in [-0.05, 0) is 22.4 Å². The van der Waals surface area contributed by atoms with Crippen molar-refractivity contribution in [2.75, 3.05) is 20.1 Å². The topological polar surface area (TPSA) is 52.6 Å². The molecule has 2 aromatic rings. The summed E-state index contributed by atoms with van der Waals surface area (Å²) < 4.78 is 1.09. The summed E-state index contributed by atoms with van der Waals surface area (Å²) in [5.41, 5.74) is 1.25. The molecular weight excluding hydrogens is 356 g/mol. The zero-order valence-electron chi connectivity index (χ0n) is 13.1. The van der Waals surface area contributed by atoms with Gasteiger partial charge in [0.15, 0.2) is 0 Å². The Balaban J connectivity index is 1.76. The summed E-state index contributed by atoms with van der Waals surface area (Å²) in [6, 6.07) is 12.5. The van der Waals surface area contributed by atoms with E-state index < -0.39 is 6.10 Å². The Kier molecular flexibility index (Phi) is 4.99. The molecule has 1 saturated heterocycles. The fourth-order valence-electron chi connectivity index (χ4n) is 3.33. The van der Waals surface area contributed by atoms with E-state index in [1.54, 1.807) is 7.05 Å². The van der Waals surface area contributed by atoms with E-state index in [0.29, 0.717) is 13.0 Å². The molecule has 0 unspecified atom stereocenters. The van der Waals surface area contributed by atoms with Gasteiger partial charge >= 0.3 is 0 Å². The highest BCUT2D eigenvalue weighted by atomic mass is 79.9. The Hall–Kier alpha value is -1.43. The molecule has 2 aromatic carbocycles. The minimum Gasteiger partial charge on any atom is -0.391 e. The second-order valence-corrected chi connectivity index (χ2v) is 7.01. The summed E-state index contributed by atoms with van der Waals surface area (Å²) in [6.07, 6.45) is -0.0519. The highest BCUT2D eigenvalue weighted by Gasteiger charge is 2.32. The van der Waals surface area contributed by atoms with Crippen LogP contribution in [0.1, 0.15) is 12.0 Å². The summed E-state index contributed by atoms with van der Waals surface area (Å²) in [5.74, 6) is 0.00153. The van der Waals surface area contributed by atoms with Crippen LogP contribution in [0.3, 0.4) is 0 Å². The molecule has 2 N–H and O–H groups in total. The first-order chi connectivity index (χ1) is 11.1. The first-order valence-electron chi connectivity index (χ1n) is 7.85. The predicted octanol–water partition coefficient (Wildman–Crippen LogP) is 2.53. The van der Waals surface area contributed by atoms with Gasteiger partial charge in [-0.25, -0.2) is 0 Å². The number of likely N-dealkylation sites (tertiary alicyclic amines) is 1. The van der Waals surface area contributed by atoms with Crippen molar-refractivity contribution in [2.24, 2.45) is 5.92 Å². The molecule has 0 saturated carbocycles. The fourth-order valence-corrected chi connectivity index (χ4v) is 3.83. The lowest BCUT2D eigenvalue weighted by Gasteiger charge is -2.17. The Morgan fingerprint density at radius 2 is 2.00 bits per heavy atom. The molecule has 23 heavy (non-hydrogen) atoms. The van der Waals surface area contributed by atoms with Gasteiger partial charge in [0.2, 0.25) is 5.91 Å². The monoisotopic (exact) mass is 376 g/mol. The van der Waals surface area contributed by atoms with Gasteiger partial charge in [-0.3, -0.25) is 9.69 Å². The maximum atomic E-state index is 11.5. The van der Waals surface area contributed by atoms with Crippen molar-refractivity contribution >= 4 is 32.6 Å². The van der Waals surface area contributed by atoms with Gasteiger partial charge in [0.1, 0.15) is 0 Å². The van der Waals surface area contributed by atoms with Crippen LogP contribution in [-0.2, 0) is 11.3 Å². The summed E-state index contributed by atoms with van der Waals surface area (Å²) >= 11 is 3.60. The first-order valence-corrected chi connectivity index (χ1v) is 8.65. The van der Waals surface area contributed by atoms with Crippen LogP contribution < -0.4 is 5.32 Å². The van der Waals surface area contributed by atoms with E-state index >= 15 is 0 Å². The Morgan fingerprint density at radius 1 is 1.26 bits per heavy atom. The van der Waals surface area contributed by atoms with Gasteiger partial charge in [-0.1, -0.05) is 46.3 Å². The van der Waals surface area contributed by atoms with Gasteiger partial charge in [0.25, 0.3) is 0 Å². The zero-order valence-corrected chi connectivity index (χ0v) is 14.7. The summed E-state index contributed by atoms with van der Waals surface area (Å²) in [4.78, 5) is 13.8. The molecule has 0 bridgehead atoms. The molecule has 0 spiro atoms. The summed E-state index contributed by atoms with van der Waals surface area (Å²) in [6.45, 7) is 2.15. The van der Waals surface area contributed by atoms with Crippen LogP contribution in [0.5, 0.6) is 0 Å². The van der Waals surface area contributed by atoms with E-state index in [-0.39, 0.29) is 11.8 Å². The molecular formula is C18H21BrN2O2. The third-order valence-electron chi connectivity index (χ3n) is 4.56. The molecule has 0 radical (unpaired) electrons. The smallest absolute Gasteiger partial charge is 0.220 e. The molecule has 1 aliphatic rings. The average Bonchev–Trinajstić information content (AvgIpc) is 2.88. The lowest BCUT2D eigenvalue weighted by Crippen LogP contribution is -2.27. The molecule has 0 aliphatic carbocycles. The molecule has 0 aromatic heterocycles. The minimum absolute atomic E-state index is 0.00927. The number of carbonyl (C=O) groups excluding carboxylic acids is 1. The number of nitrogens with zero attached hydrogens (tertiary/aromatic N) is 1. The first kappa shape index (κ1) is 16.4. The van der Waals surface area contributed by atoms with Gasteiger partial charge in [-0.2, -0.15) is 0 Å². The summed E-state index contributed by atoms with van der Waals surface area (Å²) in [5, 5.41) is 15.3. The molecule has 2 atom stereocenters. The number of amides is 1. The maximum Gasteiger partial charge on any atom is 0.220 e. The van der Waals surface area contributed by atoms with E-state index in [1.807, 2.05) is 12.1 Å². The molecule has 1 amide bonds. The van der Waals surface area contributed by atoms with Crippen LogP contribution in [0.4, 0.5) is 0 Å². The van der Waals surface area contributed by atoms with Gasteiger partial charge < -0.3 is 10.4 Å². The predicted molar refractivity (Wildman–Crippen MR) is 95.1 cm³/mol. The van der Waals surface area contributed by atoms with Crippen LogP contribution >= 0.6 is 15.9 Å². The number of hydrogen-bond donors (Lipinski definition) is 2. The van der Waals surface area contributed by atoms with Crippen LogP contribution in [0, 0.1) is 5.92 Å².